The third-order valence-electron chi connectivity index (χ3n) is 5.30. The molecule has 1 N–H and O–H groups in total. The molecule has 1 atom stereocenters. The molecule has 37 heavy (non-hydrogen) atoms. The Hall–Kier alpha value is -2.52. The molecule has 2 aromatic carbocycles. The highest BCUT2D eigenvalue weighted by Crippen LogP contribution is 2.19. The quantitative estimate of drug-likeness (QED) is 0.244. The van der Waals surface area contributed by atoms with Gasteiger partial charge in [0.1, 0.15) is 12.4 Å². The van der Waals surface area contributed by atoms with Crippen LogP contribution < -0.4 is 4.74 Å². The van der Waals surface area contributed by atoms with Crippen molar-refractivity contribution >= 4 is 35.3 Å². The normalized spacial score (nSPS) is 11.7. The minimum atomic E-state index is -0.992. The molecule has 0 saturated heterocycles. The lowest BCUT2D eigenvalue weighted by Gasteiger charge is -2.22. The molecule has 0 spiro atoms. The van der Waals surface area contributed by atoms with Crippen molar-refractivity contribution in [3.8, 4) is 5.75 Å². The first-order chi connectivity index (χ1) is 17.8. The summed E-state index contributed by atoms with van der Waals surface area (Å²) in [6.07, 6.45) is 0.678. The molecule has 1 amide bonds. The molecule has 10 heteroatoms. The fourth-order valence-electron chi connectivity index (χ4n) is 3.38. The molecule has 2 aromatic rings. The fourth-order valence-corrected chi connectivity index (χ4v) is 3.95. The SMILES string of the molecule is CCCCOC(=O)N(CCOCc1cc(Cl)cc(Cl)c1)CCOc1ccc(CC(OCC)C(=O)O)cc1. The molecule has 0 aliphatic heterocycles. The number of carboxylic acid groups (broad SMARTS) is 1. The van der Waals surface area contributed by atoms with Crippen molar-refractivity contribution in [2.24, 2.45) is 0 Å². The number of benzene rings is 2. The number of halogens is 2. The minimum Gasteiger partial charge on any atom is -0.492 e. The van der Waals surface area contributed by atoms with Crippen LogP contribution in [0.4, 0.5) is 4.79 Å². The summed E-state index contributed by atoms with van der Waals surface area (Å²) >= 11 is 12.1. The molecule has 0 saturated carbocycles. The lowest BCUT2D eigenvalue weighted by atomic mass is 10.1. The molecule has 2 rings (SSSR count). The van der Waals surface area contributed by atoms with Gasteiger partial charge < -0.3 is 29.0 Å². The number of ether oxygens (including phenoxy) is 4. The van der Waals surface area contributed by atoms with Crippen molar-refractivity contribution in [3.63, 3.8) is 0 Å². The first-order valence-electron chi connectivity index (χ1n) is 12.3. The van der Waals surface area contributed by atoms with Crippen LogP contribution in [0.3, 0.4) is 0 Å². The van der Waals surface area contributed by atoms with Gasteiger partial charge in [-0.05, 0) is 54.8 Å². The minimum absolute atomic E-state index is 0.253. The van der Waals surface area contributed by atoms with Gasteiger partial charge in [0.05, 0.1) is 26.4 Å². The number of carbonyl (C=O) groups is 2. The number of nitrogens with zero attached hydrogens (tertiary/aromatic N) is 1. The average Bonchev–Trinajstić information content (AvgIpc) is 2.85. The van der Waals surface area contributed by atoms with E-state index in [0.717, 1.165) is 24.0 Å². The number of rotatable bonds is 17. The summed E-state index contributed by atoms with van der Waals surface area (Å²) in [6, 6.07) is 12.4. The molecule has 8 nitrogen and oxygen atoms in total. The third kappa shape index (κ3) is 12.0. The summed E-state index contributed by atoms with van der Waals surface area (Å²) in [6.45, 7) is 5.98. The van der Waals surface area contributed by atoms with E-state index in [2.05, 4.69) is 0 Å². The molecule has 0 fully saturated rings. The molecule has 0 bridgehead atoms. The molecule has 0 heterocycles. The van der Waals surface area contributed by atoms with Crippen LogP contribution in [-0.2, 0) is 32.0 Å². The van der Waals surface area contributed by atoms with E-state index in [1.165, 1.54) is 0 Å². The van der Waals surface area contributed by atoms with Gasteiger partial charge >= 0.3 is 12.1 Å². The lowest BCUT2D eigenvalue weighted by molar-refractivity contribution is -0.149. The van der Waals surface area contributed by atoms with E-state index in [1.807, 2.05) is 6.92 Å². The smallest absolute Gasteiger partial charge is 0.409 e. The van der Waals surface area contributed by atoms with Gasteiger partial charge in [0.2, 0.25) is 0 Å². The standard InChI is InChI=1S/C27H35Cl2NO7/c1-3-5-12-37-27(33)30(10-13-34-19-21-15-22(28)18-23(29)16-21)11-14-36-24-8-6-20(7-9-24)17-25(26(31)32)35-4-2/h6-9,15-16,18,25H,3-5,10-14,17,19H2,1-2H3,(H,31,32). The average molecular weight is 556 g/mol. The number of amides is 1. The second-order valence-electron chi connectivity index (χ2n) is 8.26. The van der Waals surface area contributed by atoms with Crippen molar-refractivity contribution < 1.29 is 33.6 Å². The zero-order valence-corrected chi connectivity index (χ0v) is 22.8. The summed E-state index contributed by atoms with van der Waals surface area (Å²) in [4.78, 5) is 25.4. The second-order valence-corrected chi connectivity index (χ2v) is 9.14. The fraction of sp³-hybridized carbons (Fsp3) is 0.481. The monoisotopic (exact) mass is 555 g/mol. The topological polar surface area (TPSA) is 94.5 Å². The molecule has 0 aliphatic carbocycles. The van der Waals surface area contributed by atoms with Crippen LogP contribution in [0.25, 0.3) is 0 Å². The Bertz CT molecular complexity index is 951. The predicted molar refractivity (Wildman–Crippen MR) is 143 cm³/mol. The van der Waals surface area contributed by atoms with Crippen LogP contribution >= 0.6 is 23.2 Å². The van der Waals surface area contributed by atoms with E-state index in [4.69, 9.17) is 42.1 Å². The molecule has 1 unspecified atom stereocenters. The van der Waals surface area contributed by atoms with E-state index in [1.54, 1.807) is 54.3 Å². The lowest BCUT2D eigenvalue weighted by Crippen LogP contribution is -2.37. The number of carbonyl (C=O) groups excluding carboxylic acids is 1. The zero-order valence-electron chi connectivity index (χ0n) is 21.3. The number of unbranched alkanes of at least 4 members (excludes halogenated alkanes) is 1. The van der Waals surface area contributed by atoms with Gasteiger partial charge in [0, 0.05) is 29.6 Å². The van der Waals surface area contributed by atoms with Crippen LogP contribution in [0.2, 0.25) is 10.0 Å². The van der Waals surface area contributed by atoms with Gasteiger partial charge in [-0.3, -0.25) is 0 Å². The van der Waals surface area contributed by atoms with E-state index < -0.39 is 18.2 Å². The molecule has 0 aliphatic rings. The Labute approximate surface area is 228 Å². The molecular formula is C27H35Cl2NO7. The number of aliphatic carboxylic acids is 1. The molecule has 204 valence electrons. The highest BCUT2D eigenvalue weighted by atomic mass is 35.5. The van der Waals surface area contributed by atoms with Crippen LogP contribution in [0.5, 0.6) is 5.75 Å². The number of hydrogen-bond acceptors (Lipinski definition) is 6. The van der Waals surface area contributed by atoms with Crippen LogP contribution in [0, 0.1) is 0 Å². The Morgan fingerprint density at radius 3 is 2.24 bits per heavy atom. The molecular weight excluding hydrogens is 521 g/mol. The Morgan fingerprint density at radius 1 is 0.946 bits per heavy atom. The van der Waals surface area contributed by atoms with Crippen LogP contribution in [-0.4, -0.2) is 67.7 Å². The summed E-state index contributed by atoms with van der Waals surface area (Å²) in [5.41, 5.74) is 1.67. The predicted octanol–water partition coefficient (Wildman–Crippen LogP) is 5.86. The van der Waals surface area contributed by atoms with Crippen molar-refractivity contribution in [1.29, 1.82) is 0 Å². The van der Waals surface area contributed by atoms with Crippen LogP contribution in [0.15, 0.2) is 42.5 Å². The maximum Gasteiger partial charge on any atom is 0.409 e. The summed E-state index contributed by atoms with van der Waals surface area (Å²) in [7, 11) is 0. The first kappa shape index (κ1) is 30.7. The Kier molecular flexibility index (Phi) is 14.2. The third-order valence-corrected chi connectivity index (χ3v) is 5.73. The maximum atomic E-state index is 12.6. The summed E-state index contributed by atoms with van der Waals surface area (Å²) < 4.78 is 22.1. The first-order valence-corrected chi connectivity index (χ1v) is 13.1. The second kappa shape index (κ2) is 17.1. The van der Waals surface area contributed by atoms with Crippen molar-refractivity contribution in [3.05, 3.63) is 63.6 Å². The Morgan fingerprint density at radius 2 is 1.62 bits per heavy atom. The van der Waals surface area contributed by atoms with Gasteiger partial charge in [-0.25, -0.2) is 9.59 Å². The summed E-state index contributed by atoms with van der Waals surface area (Å²) in [5, 5.41) is 10.3. The van der Waals surface area contributed by atoms with E-state index in [0.29, 0.717) is 55.3 Å². The maximum absolute atomic E-state index is 12.6. The van der Waals surface area contributed by atoms with Crippen molar-refractivity contribution in [2.45, 2.75) is 45.8 Å². The summed E-state index contributed by atoms with van der Waals surface area (Å²) in [5.74, 6) is -0.381. The van der Waals surface area contributed by atoms with Crippen LogP contribution in [0.1, 0.15) is 37.8 Å². The van der Waals surface area contributed by atoms with E-state index >= 15 is 0 Å². The van der Waals surface area contributed by atoms with E-state index in [-0.39, 0.29) is 13.0 Å². The van der Waals surface area contributed by atoms with Gasteiger partial charge in [0.25, 0.3) is 0 Å². The van der Waals surface area contributed by atoms with Gasteiger partial charge in [-0.2, -0.15) is 0 Å². The Balaban J connectivity index is 1.85. The van der Waals surface area contributed by atoms with Gasteiger partial charge in [0.15, 0.2) is 6.10 Å². The largest absolute Gasteiger partial charge is 0.492 e. The molecule has 0 radical (unpaired) electrons. The van der Waals surface area contributed by atoms with Gasteiger partial charge in [-0.1, -0.05) is 48.7 Å². The highest BCUT2D eigenvalue weighted by molar-refractivity contribution is 6.34. The molecule has 0 aromatic heterocycles. The van der Waals surface area contributed by atoms with Crippen molar-refractivity contribution in [1.82, 2.24) is 4.90 Å². The highest BCUT2D eigenvalue weighted by Gasteiger charge is 2.18. The number of hydrogen-bond donors (Lipinski definition) is 1. The van der Waals surface area contributed by atoms with Gasteiger partial charge in [-0.15, -0.1) is 0 Å². The zero-order chi connectivity index (χ0) is 27.0. The van der Waals surface area contributed by atoms with Crippen molar-refractivity contribution in [2.75, 3.05) is 39.5 Å². The van der Waals surface area contributed by atoms with E-state index in [9.17, 15) is 14.7 Å². The number of carboxylic acids is 1.